The molecule has 62 valence electrons. The van der Waals surface area contributed by atoms with Gasteiger partial charge in [0.1, 0.15) is 0 Å². The molecule has 0 unspecified atom stereocenters. The van der Waals surface area contributed by atoms with Crippen molar-refractivity contribution in [1.29, 1.82) is 0 Å². The van der Waals surface area contributed by atoms with Crippen LogP contribution in [0.5, 0.6) is 0 Å². The van der Waals surface area contributed by atoms with Crippen LogP contribution in [0.4, 0.5) is 0 Å². The predicted molar refractivity (Wildman–Crippen MR) is 44.4 cm³/mol. The lowest BCUT2D eigenvalue weighted by atomic mass is 9.94. The summed E-state index contributed by atoms with van der Waals surface area (Å²) in [6, 6.07) is 0. The maximum atomic E-state index is 9.26. The zero-order chi connectivity index (χ0) is 7.90. The second kappa shape index (κ2) is 2.32. The fourth-order valence-electron chi connectivity index (χ4n) is 2.47. The monoisotopic (exact) mass is 153 g/mol. The van der Waals surface area contributed by atoms with E-state index in [-0.39, 0.29) is 5.54 Å². The molecule has 0 radical (unpaired) electrons. The van der Waals surface area contributed by atoms with Gasteiger partial charge >= 0.3 is 0 Å². The third kappa shape index (κ3) is 0.932. The Morgan fingerprint density at radius 3 is 3.09 bits per heavy atom. The topological polar surface area (TPSA) is 23.5 Å². The number of aliphatic hydroxyl groups is 1. The fourth-order valence-corrected chi connectivity index (χ4v) is 2.47. The van der Waals surface area contributed by atoms with E-state index in [2.05, 4.69) is 11.5 Å². The van der Waals surface area contributed by atoms with Crippen molar-refractivity contribution in [2.45, 2.75) is 24.8 Å². The highest BCUT2D eigenvalue weighted by molar-refractivity contribution is 5.17. The van der Waals surface area contributed by atoms with E-state index >= 15 is 0 Å². The number of hydrogen-bond acceptors (Lipinski definition) is 2. The van der Waals surface area contributed by atoms with Gasteiger partial charge in [-0.15, -0.1) is 0 Å². The average Bonchev–Trinajstić information content (AvgIpc) is 2.43. The summed E-state index contributed by atoms with van der Waals surface area (Å²) in [5, 5.41) is 9.26. The van der Waals surface area contributed by atoms with Gasteiger partial charge < -0.3 is 5.11 Å². The van der Waals surface area contributed by atoms with E-state index in [1.807, 2.05) is 0 Å². The Balaban J connectivity index is 2.21. The van der Waals surface area contributed by atoms with Crippen molar-refractivity contribution in [2.24, 2.45) is 0 Å². The summed E-state index contributed by atoms with van der Waals surface area (Å²) in [4.78, 5) is 2.38. The minimum absolute atomic E-state index is 0.108. The van der Waals surface area contributed by atoms with E-state index in [1.165, 1.54) is 12.0 Å². The number of rotatable bonds is 1. The zero-order valence-electron chi connectivity index (χ0n) is 6.84. The molecule has 2 rings (SSSR count). The Morgan fingerprint density at radius 1 is 1.64 bits per heavy atom. The second-order valence-corrected chi connectivity index (χ2v) is 3.83. The fraction of sp³-hybridized carbons (Fsp3) is 0.778. The van der Waals surface area contributed by atoms with Gasteiger partial charge in [0.2, 0.25) is 0 Å². The molecule has 1 N–H and O–H groups in total. The Morgan fingerprint density at radius 2 is 2.45 bits per heavy atom. The maximum Gasteiger partial charge on any atom is 0.0618 e. The van der Waals surface area contributed by atoms with Crippen molar-refractivity contribution < 1.29 is 5.11 Å². The summed E-state index contributed by atoms with van der Waals surface area (Å²) in [6.45, 7) is 6.46. The van der Waals surface area contributed by atoms with Gasteiger partial charge in [-0.3, -0.25) is 4.90 Å². The zero-order valence-corrected chi connectivity index (χ0v) is 6.84. The van der Waals surface area contributed by atoms with Gasteiger partial charge in [-0.25, -0.2) is 0 Å². The van der Waals surface area contributed by atoms with Gasteiger partial charge in [-0.05, 0) is 25.8 Å². The largest absolute Gasteiger partial charge is 0.394 e. The molecule has 2 aliphatic rings. The maximum absolute atomic E-state index is 9.26. The molecule has 0 saturated carbocycles. The second-order valence-electron chi connectivity index (χ2n) is 3.83. The number of hydrogen-bond donors (Lipinski definition) is 1. The molecular weight excluding hydrogens is 138 g/mol. The molecule has 2 saturated heterocycles. The van der Waals surface area contributed by atoms with E-state index in [0.717, 1.165) is 25.9 Å². The highest BCUT2D eigenvalue weighted by atomic mass is 16.3. The summed E-state index contributed by atoms with van der Waals surface area (Å²) in [6.07, 6.45) is 3.42. The first kappa shape index (κ1) is 7.32. The molecule has 0 aliphatic carbocycles. The Bertz CT molecular complexity index is 190. The first-order valence-electron chi connectivity index (χ1n) is 4.29. The smallest absolute Gasteiger partial charge is 0.0618 e. The third-order valence-electron chi connectivity index (χ3n) is 3.03. The van der Waals surface area contributed by atoms with Crippen molar-refractivity contribution in [3.63, 3.8) is 0 Å². The van der Waals surface area contributed by atoms with Crippen molar-refractivity contribution in [2.75, 3.05) is 19.7 Å². The van der Waals surface area contributed by atoms with E-state index in [0.29, 0.717) is 6.61 Å². The van der Waals surface area contributed by atoms with Gasteiger partial charge in [0.25, 0.3) is 0 Å². The summed E-state index contributed by atoms with van der Waals surface area (Å²) in [7, 11) is 0. The lowest BCUT2D eigenvalue weighted by molar-refractivity contribution is 0.1000. The molecule has 0 amide bonds. The lowest BCUT2D eigenvalue weighted by Gasteiger charge is -2.28. The van der Waals surface area contributed by atoms with Crippen molar-refractivity contribution in [1.82, 2.24) is 4.90 Å². The van der Waals surface area contributed by atoms with Gasteiger partial charge in [-0.1, -0.05) is 12.2 Å². The minimum Gasteiger partial charge on any atom is -0.394 e. The molecule has 0 bridgehead atoms. The quantitative estimate of drug-likeness (QED) is 0.562. The molecule has 2 fully saturated rings. The molecule has 2 nitrogen and oxygen atoms in total. The van der Waals surface area contributed by atoms with Crippen molar-refractivity contribution in [3.8, 4) is 0 Å². The van der Waals surface area contributed by atoms with Crippen molar-refractivity contribution in [3.05, 3.63) is 12.2 Å². The highest BCUT2D eigenvalue weighted by Crippen LogP contribution is 2.39. The molecule has 0 aromatic rings. The number of nitrogens with zero attached hydrogens (tertiary/aromatic N) is 1. The van der Waals surface area contributed by atoms with E-state index in [1.54, 1.807) is 0 Å². The van der Waals surface area contributed by atoms with Gasteiger partial charge in [0, 0.05) is 12.1 Å². The molecule has 2 heteroatoms. The Hall–Kier alpha value is -0.340. The van der Waals surface area contributed by atoms with E-state index in [9.17, 15) is 5.11 Å². The van der Waals surface area contributed by atoms with Crippen LogP contribution in [-0.2, 0) is 0 Å². The average molecular weight is 153 g/mol. The molecule has 0 aromatic carbocycles. The molecule has 2 heterocycles. The molecular formula is C9H15NO. The van der Waals surface area contributed by atoms with Crippen LogP contribution in [0.3, 0.4) is 0 Å². The number of aliphatic hydroxyl groups excluding tert-OH is 1. The molecule has 0 aromatic heterocycles. The standard InChI is InChI=1S/C9H15NO/c1-8-5-9(7-11)3-2-4-10(9)6-8/h11H,1-7H2/t9-/m0/s1. The van der Waals surface area contributed by atoms with Crippen LogP contribution in [0.15, 0.2) is 12.2 Å². The van der Waals surface area contributed by atoms with Crippen LogP contribution < -0.4 is 0 Å². The van der Waals surface area contributed by atoms with Gasteiger partial charge in [0.05, 0.1) is 6.61 Å². The molecule has 1 atom stereocenters. The SMILES string of the molecule is C=C1CN2CCC[C@@]2(CO)C1. The summed E-state index contributed by atoms with van der Waals surface area (Å²) >= 11 is 0. The summed E-state index contributed by atoms with van der Waals surface area (Å²) in [5.74, 6) is 0. The predicted octanol–water partition coefficient (Wildman–Crippen LogP) is 0.773. The van der Waals surface area contributed by atoms with Crippen LogP contribution in [0.2, 0.25) is 0 Å². The van der Waals surface area contributed by atoms with Crippen LogP contribution in [-0.4, -0.2) is 35.2 Å². The third-order valence-corrected chi connectivity index (χ3v) is 3.03. The first-order chi connectivity index (χ1) is 5.27. The van der Waals surface area contributed by atoms with Gasteiger partial charge in [-0.2, -0.15) is 0 Å². The lowest BCUT2D eigenvalue weighted by Crippen LogP contribution is -2.41. The molecule has 11 heavy (non-hydrogen) atoms. The van der Waals surface area contributed by atoms with Crippen molar-refractivity contribution >= 4 is 0 Å². The highest BCUT2D eigenvalue weighted by Gasteiger charge is 2.44. The molecule has 2 aliphatic heterocycles. The van der Waals surface area contributed by atoms with E-state index in [4.69, 9.17) is 0 Å². The van der Waals surface area contributed by atoms with Crippen LogP contribution >= 0.6 is 0 Å². The number of fused-ring (bicyclic) bond motifs is 1. The van der Waals surface area contributed by atoms with Crippen LogP contribution in [0.25, 0.3) is 0 Å². The normalized spacial score (nSPS) is 38.1. The van der Waals surface area contributed by atoms with Crippen LogP contribution in [0.1, 0.15) is 19.3 Å². The Kier molecular flexibility index (Phi) is 1.55. The minimum atomic E-state index is 0.108. The molecule has 0 spiro atoms. The van der Waals surface area contributed by atoms with Gasteiger partial charge in [0.15, 0.2) is 0 Å². The summed E-state index contributed by atoms with van der Waals surface area (Å²) < 4.78 is 0. The Labute approximate surface area is 67.5 Å². The van der Waals surface area contributed by atoms with Crippen LogP contribution in [0, 0.1) is 0 Å². The van der Waals surface area contributed by atoms with E-state index < -0.39 is 0 Å². The summed E-state index contributed by atoms with van der Waals surface area (Å²) in [5.41, 5.74) is 1.40. The first-order valence-corrected chi connectivity index (χ1v) is 4.29.